The number of thiazole rings is 1. The van der Waals surface area contributed by atoms with Gasteiger partial charge in [-0.05, 0) is 25.0 Å². The van der Waals surface area contributed by atoms with Gasteiger partial charge in [0.1, 0.15) is 0 Å². The first kappa shape index (κ1) is 19.8. The van der Waals surface area contributed by atoms with Crippen molar-refractivity contribution in [2.75, 3.05) is 5.32 Å². The Kier molecular flexibility index (Phi) is 6.21. The van der Waals surface area contributed by atoms with E-state index in [1.165, 1.54) is 18.3 Å². The minimum Gasteiger partial charge on any atom is -0.349 e. The van der Waals surface area contributed by atoms with Crippen LogP contribution in [-0.4, -0.2) is 16.8 Å². The van der Waals surface area contributed by atoms with Crippen LogP contribution in [0.5, 0.6) is 0 Å². The van der Waals surface area contributed by atoms with E-state index in [0.29, 0.717) is 5.13 Å². The largest absolute Gasteiger partial charge is 0.349 e. The zero-order valence-electron chi connectivity index (χ0n) is 16.2. The predicted octanol–water partition coefficient (Wildman–Crippen LogP) is 4.63. The van der Waals surface area contributed by atoms with Gasteiger partial charge < -0.3 is 10.6 Å². The average molecular weight is 394 g/mol. The van der Waals surface area contributed by atoms with Gasteiger partial charge in [0.15, 0.2) is 5.13 Å². The first-order chi connectivity index (χ1) is 13.4. The lowest BCUT2D eigenvalue weighted by Gasteiger charge is -2.18. The van der Waals surface area contributed by atoms with Crippen LogP contribution >= 0.6 is 11.3 Å². The molecule has 2 N–H and O–H groups in total. The van der Waals surface area contributed by atoms with E-state index >= 15 is 0 Å². The Morgan fingerprint density at radius 2 is 1.71 bits per heavy atom. The molecule has 0 saturated carbocycles. The number of rotatable bonds is 6. The molecular weight excluding hydrogens is 370 g/mol. The molecule has 0 aliphatic carbocycles. The van der Waals surface area contributed by atoms with Crippen LogP contribution in [0.25, 0.3) is 10.4 Å². The molecule has 3 rings (SSSR count). The van der Waals surface area contributed by atoms with Gasteiger partial charge >= 0.3 is 0 Å². The Labute approximate surface area is 168 Å². The van der Waals surface area contributed by atoms with Crippen LogP contribution in [-0.2, 0) is 9.59 Å². The first-order valence-electron chi connectivity index (χ1n) is 9.08. The molecule has 0 radical (unpaired) electrons. The summed E-state index contributed by atoms with van der Waals surface area (Å²) in [6.07, 6.45) is 0.141. The summed E-state index contributed by atoms with van der Waals surface area (Å²) in [6.45, 7) is 5.38. The van der Waals surface area contributed by atoms with Crippen LogP contribution in [0.4, 0.5) is 5.13 Å². The molecular formula is C22H23N3O2S. The van der Waals surface area contributed by atoms with Gasteiger partial charge in [0, 0.05) is 6.92 Å². The van der Waals surface area contributed by atoms with Gasteiger partial charge in [-0.15, -0.1) is 0 Å². The van der Waals surface area contributed by atoms with Gasteiger partial charge in [-0.2, -0.15) is 0 Å². The molecule has 0 aliphatic heterocycles. The molecule has 3 aromatic rings. The molecule has 1 heterocycles. The SMILES string of the molecule is CC(=O)NC(CC(=O)Nc1nc(C)c(-c2ccccc2)s1)c1ccc(C)cc1. The first-order valence-corrected chi connectivity index (χ1v) is 9.90. The highest BCUT2D eigenvalue weighted by Gasteiger charge is 2.19. The number of aromatic nitrogens is 1. The standard InChI is InChI=1S/C22H23N3O2S/c1-14-9-11-17(12-10-14)19(24-16(3)26)13-20(27)25-22-23-15(2)21(28-22)18-7-5-4-6-8-18/h4-12,19H,13H2,1-3H3,(H,24,26)(H,23,25,27). The molecule has 2 aromatic carbocycles. The zero-order chi connectivity index (χ0) is 20.1. The lowest BCUT2D eigenvalue weighted by Crippen LogP contribution is -2.29. The molecule has 6 heteroatoms. The van der Waals surface area contributed by atoms with Crippen molar-refractivity contribution in [2.45, 2.75) is 33.2 Å². The molecule has 0 fully saturated rings. The maximum Gasteiger partial charge on any atom is 0.228 e. The van der Waals surface area contributed by atoms with Crippen molar-refractivity contribution in [3.63, 3.8) is 0 Å². The third kappa shape index (κ3) is 5.04. The van der Waals surface area contributed by atoms with Crippen LogP contribution in [0.1, 0.15) is 36.2 Å². The van der Waals surface area contributed by atoms with E-state index in [-0.39, 0.29) is 24.3 Å². The smallest absolute Gasteiger partial charge is 0.228 e. The highest BCUT2D eigenvalue weighted by molar-refractivity contribution is 7.19. The number of aryl methyl sites for hydroxylation is 2. The van der Waals surface area contributed by atoms with Crippen LogP contribution in [0.15, 0.2) is 54.6 Å². The molecule has 1 atom stereocenters. The van der Waals surface area contributed by atoms with E-state index in [2.05, 4.69) is 15.6 Å². The molecule has 28 heavy (non-hydrogen) atoms. The van der Waals surface area contributed by atoms with Gasteiger partial charge in [0.2, 0.25) is 11.8 Å². The summed E-state index contributed by atoms with van der Waals surface area (Å²) in [4.78, 5) is 29.7. The van der Waals surface area contributed by atoms with Gasteiger partial charge in [0.05, 0.1) is 23.0 Å². The summed E-state index contributed by atoms with van der Waals surface area (Å²) in [7, 11) is 0. The highest BCUT2D eigenvalue weighted by atomic mass is 32.1. The number of hydrogen-bond acceptors (Lipinski definition) is 4. The fourth-order valence-corrected chi connectivity index (χ4v) is 3.95. The Hall–Kier alpha value is -2.99. The Morgan fingerprint density at radius 1 is 1.04 bits per heavy atom. The van der Waals surface area contributed by atoms with Crippen molar-refractivity contribution in [1.29, 1.82) is 0 Å². The lowest BCUT2D eigenvalue weighted by atomic mass is 10.0. The predicted molar refractivity (Wildman–Crippen MR) is 113 cm³/mol. The summed E-state index contributed by atoms with van der Waals surface area (Å²) in [6, 6.07) is 17.4. The fourth-order valence-electron chi connectivity index (χ4n) is 2.96. The minimum absolute atomic E-state index is 0.141. The Balaban J connectivity index is 1.72. The molecule has 0 spiro atoms. The van der Waals surface area contributed by atoms with Crippen molar-refractivity contribution in [3.05, 3.63) is 71.4 Å². The topological polar surface area (TPSA) is 71.1 Å². The summed E-state index contributed by atoms with van der Waals surface area (Å²) >= 11 is 1.45. The number of nitrogens with zero attached hydrogens (tertiary/aromatic N) is 1. The van der Waals surface area contributed by atoms with Crippen molar-refractivity contribution >= 4 is 28.3 Å². The summed E-state index contributed by atoms with van der Waals surface area (Å²) in [5.74, 6) is -0.359. The third-order valence-corrected chi connectivity index (χ3v) is 5.45. The highest BCUT2D eigenvalue weighted by Crippen LogP contribution is 2.32. The quantitative estimate of drug-likeness (QED) is 0.641. The Bertz CT molecular complexity index is 965. The van der Waals surface area contributed by atoms with E-state index in [1.54, 1.807) is 0 Å². The van der Waals surface area contributed by atoms with Gasteiger partial charge in [-0.25, -0.2) is 4.98 Å². The number of nitrogens with one attached hydrogen (secondary N) is 2. The van der Waals surface area contributed by atoms with Crippen molar-refractivity contribution < 1.29 is 9.59 Å². The molecule has 144 valence electrons. The Morgan fingerprint density at radius 3 is 2.36 bits per heavy atom. The fraction of sp³-hybridized carbons (Fsp3) is 0.227. The second kappa shape index (κ2) is 8.80. The van der Waals surface area contributed by atoms with E-state index in [4.69, 9.17) is 0 Å². The molecule has 5 nitrogen and oxygen atoms in total. The van der Waals surface area contributed by atoms with E-state index < -0.39 is 0 Å². The van der Waals surface area contributed by atoms with Gasteiger partial charge in [0.25, 0.3) is 0 Å². The second-order valence-electron chi connectivity index (χ2n) is 6.72. The third-order valence-electron chi connectivity index (χ3n) is 4.33. The van der Waals surface area contributed by atoms with Crippen LogP contribution in [0.3, 0.4) is 0 Å². The summed E-state index contributed by atoms with van der Waals surface area (Å²) in [5.41, 5.74) is 3.98. The van der Waals surface area contributed by atoms with E-state index in [9.17, 15) is 9.59 Å². The summed E-state index contributed by atoms with van der Waals surface area (Å²) < 4.78 is 0. The lowest BCUT2D eigenvalue weighted by molar-refractivity contribution is -0.120. The normalized spacial score (nSPS) is 11.7. The monoisotopic (exact) mass is 393 g/mol. The second-order valence-corrected chi connectivity index (χ2v) is 7.71. The molecule has 1 unspecified atom stereocenters. The van der Waals surface area contributed by atoms with Crippen molar-refractivity contribution in [1.82, 2.24) is 10.3 Å². The minimum atomic E-state index is -0.382. The number of anilines is 1. The molecule has 2 amide bonds. The molecule has 0 aliphatic rings. The maximum absolute atomic E-state index is 12.6. The number of carbonyl (C=O) groups excluding carboxylic acids is 2. The van der Waals surface area contributed by atoms with Crippen molar-refractivity contribution in [3.8, 4) is 10.4 Å². The number of benzene rings is 2. The molecule has 1 aromatic heterocycles. The van der Waals surface area contributed by atoms with E-state index in [0.717, 1.165) is 27.3 Å². The van der Waals surface area contributed by atoms with E-state index in [1.807, 2.05) is 68.4 Å². The van der Waals surface area contributed by atoms with Crippen LogP contribution in [0, 0.1) is 13.8 Å². The number of hydrogen-bond donors (Lipinski definition) is 2. The molecule has 0 bridgehead atoms. The number of carbonyl (C=O) groups is 2. The summed E-state index contributed by atoms with van der Waals surface area (Å²) in [5, 5.41) is 6.29. The van der Waals surface area contributed by atoms with Gasteiger partial charge in [-0.1, -0.05) is 71.5 Å². The number of amides is 2. The van der Waals surface area contributed by atoms with Crippen molar-refractivity contribution in [2.24, 2.45) is 0 Å². The van der Waals surface area contributed by atoms with Crippen LogP contribution in [0.2, 0.25) is 0 Å². The van der Waals surface area contributed by atoms with Crippen LogP contribution < -0.4 is 10.6 Å². The zero-order valence-corrected chi connectivity index (χ0v) is 17.0. The van der Waals surface area contributed by atoms with Gasteiger partial charge in [-0.3, -0.25) is 9.59 Å². The maximum atomic E-state index is 12.6. The molecule has 0 saturated heterocycles. The average Bonchev–Trinajstić information content (AvgIpc) is 3.02.